The standard InChI is InChI=1S/C11H12N2O2/c14-10-6-12-11(15)9-5-7-3-1-2-4-8(7)13(9)10/h3,5,8H,1-2,4,6H2,(H,12,15). The van der Waals surface area contributed by atoms with Crippen molar-refractivity contribution in [3.05, 3.63) is 23.4 Å². The molecule has 4 heteroatoms. The number of fused-ring (bicyclic) bond motifs is 3. The zero-order chi connectivity index (χ0) is 10.4. The average molecular weight is 204 g/mol. The third-order valence-electron chi connectivity index (χ3n) is 3.22. The highest BCUT2D eigenvalue weighted by molar-refractivity contribution is 6.04. The number of rotatable bonds is 0. The van der Waals surface area contributed by atoms with Crippen LogP contribution in [0, 0.1) is 0 Å². The lowest BCUT2D eigenvalue weighted by molar-refractivity contribution is -0.137. The van der Waals surface area contributed by atoms with Crippen LogP contribution < -0.4 is 5.32 Å². The summed E-state index contributed by atoms with van der Waals surface area (Å²) in [6.45, 7) is 0.139. The first kappa shape index (κ1) is 8.71. The van der Waals surface area contributed by atoms with E-state index in [4.69, 9.17) is 0 Å². The van der Waals surface area contributed by atoms with E-state index < -0.39 is 0 Å². The molecule has 1 saturated heterocycles. The third-order valence-corrected chi connectivity index (χ3v) is 3.22. The lowest BCUT2D eigenvalue weighted by Crippen LogP contribution is -2.51. The highest BCUT2D eigenvalue weighted by Crippen LogP contribution is 2.34. The fourth-order valence-corrected chi connectivity index (χ4v) is 2.53. The van der Waals surface area contributed by atoms with Crippen LogP contribution >= 0.6 is 0 Å². The predicted octanol–water partition coefficient (Wildman–Crippen LogP) is 0.321. The van der Waals surface area contributed by atoms with E-state index in [0.29, 0.717) is 5.70 Å². The molecule has 78 valence electrons. The van der Waals surface area contributed by atoms with Gasteiger partial charge in [-0.3, -0.25) is 14.5 Å². The number of piperazine rings is 1. The van der Waals surface area contributed by atoms with Crippen molar-refractivity contribution in [3.63, 3.8) is 0 Å². The molecule has 0 aromatic heterocycles. The largest absolute Gasteiger partial charge is 0.342 e. The van der Waals surface area contributed by atoms with Crippen molar-refractivity contribution in [2.45, 2.75) is 25.3 Å². The number of hydrogen-bond acceptors (Lipinski definition) is 2. The molecule has 1 N–H and O–H groups in total. The van der Waals surface area contributed by atoms with E-state index in [2.05, 4.69) is 11.4 Å². The van der Waals surface area contributed by atoms with Crippen LogP contribution in [0.4, 0.5) is 0 Å². The van der Waals surface area contributed by atoms with Gasteiger partial charge >= 0.3 is 0 Å². The van der Waals surface area contributed by atoms with Gasteiger partial charge in [0.15, 0.2) is 0 Å². The zero-order valence-electron chi connectivity index (χ0n) is 8.32. The fraction of sp³-hybridized carbons (Fsp3) is 0.455. The number of nitrogens with zero attached hydrogens (tertiary/aromatic N) is 1. The van der Waals surface area contributed by atoms with Gasteiger partial charge in [0, 0.05) is 0 Å². The minimum absolute atomic E-state index is 0.0103. The van der Waals surface area contributed by atoms with Crippen molar-refractivity contribution in [1.29, 1.82) is 0 Å². The number of amides is 2. The topological polar surface area (TPSA) is 49.4 Å². The monoisotopic (exact) mass is 204 g/mol. The van der Waals surface area contributed by atoms with E-state index in [-0.39, 0.29) is 24.4 Å². The molecule has 1 atom stereocenters. The van der Waals surface area contributed by atoms with Gasteiger partial charge in [-0.25, -0.2) is 0 Å². The summed E-state index contributed by atoms with van der Waals surface area (Å²) >= 11 is 0. The SMILES string of the molecule is O=C1NCC(=O)N2C1=CC1=CCCCC12. The second-order valence-corrected chi connectivity index (χ2v) is 4.13. The summed E-state index contributed by atoms with van der Waals surface area (Å²) in [4.78, 5) is 25.0. The molecule has 0 radical (unpaired) electrons. The van der Waals surface area contributed by atoms with Gasteiger partial charge < -0.3 is 5.32 Å². The van der Waals surface area contributed by atoms with Crippen molar-refractivity contribution < 1.29 is 9.59 Å². The molecule has 1 fully saturated rings. The van der Waals surface area contributed by atoms with E-state index in [9.17, 15) is 9.59 Å². The Morgan fingerprint density at radius 1 is 1.40 bits per heavy atom. The molecule has 0 aromatic carbocycles. The molecule has 4 nitrogen and oxygen atoms in total. The summed E-state index contributed by atoms with van der Waals surface area (Å²) in [5.41, 5.74) is 1.67. The fourth-order valence-electron chi connectivity index (χ4n) is 2.53. The lowest BCUT2D eigenvalue weighted by Gasteiger charge is -2.32. The average Bonchev–Trinajstić information content (AvgIpc) is 2.64. The zero-order valence-corrected chi connectivity index (χ0v) is 8.32. The van der Waals surface area contributed by atoms with Crippen molar-refractivity contribution in [2.24, 2.45) is 0 Å². The summed E-state index contributed by atoms with van der Waals surface area (Å²) in [5.74, 6) is -0.110. The Hall–Kier alpha value is -1.58. The number of hydrogen-bond donors (Lipinski definition) is 1. The van der Waals surface area contributed by atoms with Gasteiger partial charge in [0.25, 0.3) is 5.91 Å². The van der Waals surface area contributed by atoms with Crippen LogP contribution in [0.15, 0.2) is 23.4 Å². The lowest BCUT2D eigenvalue weighted by atomic mass is 9.95. The molecule has 1 unspecified atom stereocenters. The van der Waals surface area contributed by atoms with Gasteiger partial charge in [-0.2, -0.15) is 0 Å². The minimum Gasteiger partial charge on any atom is -0.342 e. The first-order valence-electron chi connectivity index (χ1n) is 5.29. The highest BCUT2D eigenvalue weighted by atomic mass is 16.2. The summed E-state index contributed by atoms with van der Waals surface area (Å²) < 4.78 is 0. The summed E-state index contributed by atoms with van der Waals surface area (Å²) in [6.07, 6.45) is 7.13. The van der Waals surface area contributed by atoms with Crippen LogP contribution in [0.5, 0.6) is 0 Å². The smallest absolute Gasteiger partial charge is 0.268 e. The number of carbonyl (C=O) groups is 2. The Balaban J connectivity index is 2.04. The molecule has 3 aliphatic rings. The van der Waals surface area contributed by atoms with Crippen LogP contribution in [0.3, 0.4) is 0 Å². The number of carbonyl (C=O) groups excluding carboxylic acids is 2. The molecule has 3 rings (SSSR count). The van der Waals surface area contributed by atoms with Crippen LogP contribution in [0.1, 0.15) is 19.3 Å². The second-order valence-electron chi connectivity index (χ2n) is 4.13. The minimum atomic E-state index is -0.120. The third kappa shape index (κ3) is 1.14. The molecule has 0 aromatic rings. The van der Waals surface area contributed by atoms with Crippen molar-refractivity contribution >= 4 is 11.8 Å². The normalized spacial score (nSPS) is 29.1. The Morgan fingerprint density at radius 2 is 2.27 bits per heavy atom. The van der Waals surface area contributed by atoms with E-state index in [0.717, 1.165) is 24.8 Å². The van der Waals surface area contributed by atoms with Gasteiger partial charge in [0.05, 0.1) is 12.6 Å². The molecule has 1 aliphatic carbocycles. The van der Waals surface area contributed by atoms with E-state index in [1.807, 2.05) is 6.08 Å². The van der Waals surface area contributed by atoms with Crippen LogP contribution in [0.25, 0.3) is 0 Å². The van der Waals surface area contributed by atoms with Crippen LogP contribution in [-0.2, 0) is 9.59 Å². The van der Waals surface area contributed by atoms with Crippen molar-refractivity contribution in [2.75, 3.05) is 6.54 Å². The van der Waals surface area contributed by atoms with Crippen LogP contribution in [0.2, 0.25) is 0 Å². The molecule has 0 saturated carbocycles. The Kier molecular flexibility index (Phi) is 1.71. The van der Waals surface area contributed by atoms with Gasteiger partial charge in [-0.05, 0) is 30.9 Å². The summed E-state index contributed by atoms with van der Waals surface area (Å²) in [7, 11) is 0. The Bertz CT molecular complexity index is 409. The number of nitrogens with one attached hydrogen (secondary N) is 1. The summed E-state index contributed by atoms with van der Waals surface area (Å²) in [6, 6.07) is 0.132. The van der Waals surface area contributed by atoms with Crippen molar-refractivity contribution in [1.82, 2.24) is 10.2 Å². The number of allylic oxidation sites excluding steroid dienone is 1. The molecule has 0 bridgehead atoms. The van der Waals surface area contributed by atoms with Crippen LogP contribution in [-0.4, -0.2) is 29.3 Å². The van der Waals surface area contributed by atoms with Gasteiger partial charge in [-0.15, -0.1) is 0 Å². The molecule has 2 aliphatic heterocycles. The molecule has 0 spiro atoms. The van der Waals surface area contributed by atoms with Gasteiger partial charge in [-0.1, -0.05) is 6.08 Å². The first-order chi connectivity index (χ1) is 7.27. The van der Waals surface area contributed by atoms with E-state index in [1.165, 1.54) is 0 Å². The van der Waals surface area contributed by atoms with E-state index >= 15 is 0 Å². The predicted molar refractivity (Wildman–Crippen MR) is 53.7 cm³/mol. The first-order valence-corrected chi connectivity index (χ1v) is 5.29. The highest BCUT2D eigenvalue weighted by Gasteiger charge is 2.40. The van der Waals surface area contributed by atoms with Gasteiger partial charge in [0.1, 0.15) is 5.70 Å². The van der Waals surface area contributed by atoms with E-state index in [1.54, 1.807) is 4.90 Å². The molecule has 2 heterocycles. The molecular weight excluding hydrogens is 192 g/mol. The molecule has 2 amide bonds. The second kappa shape index (κ2) is 2.95. The van der Waals surface area contributed by atoms with Gasteiger partial charge in [0.2, 0.25) is 5.91 Å². The maximum absolute atomic E-state index is 11.7. The van der Waals surface area contributed by atoms with Crippen molar-refractivity contribution in [3.8, 4) is 0 Å². The Labute approximate surface area is 87.6 Å². The maximum atomic E-state index is 11.7. The summed E-state index contributed by atoms with van der Waals surface area (Å²) in [5, 5.41) is 2.59. The maximum Gasteiger partial charge on any atom is 0.268 e. The Morgan fingerprint density at radius 3 is 3.13 bits per heavy atom. The molecule has 15 heavy (non-hydrogen) atoms. The molecular formula is C11H12N2O2. The quantitative estimate of drug-likeness (QED) is 0.618.